The van der Waals surface area contributed by atoms with Gasteiger partial charge in [0.05, 0.1) is 13.2 Å². The number of rotatable bonds is 11. The fraction of sp³-hybridized carbons (Fsp3) is 0.0256. The molecule has 14 aromatic rings. The number of ether oxygens (including phenoxy) is 2. The smallest absolute Gasteiger partial charge is 0.136 e. The van der Waals surface area contributed by atoms with Crippen LogP contribution in [0.2, 0.25) is 0 Å². The topological polar surface area (TPSA) is 58.9 Å². The number of aliphatic hydroxyl groups is 2. The Morgan fingerprint density at radius 2 is 0.628 bits per heavy atom. The third-order valence-electron chi connectivity index (χ3n) is 16.4. The average Bonchev–Trinajstić information content (AvgIpc) is 2.38. The van der Waals surface area contributed by atoms with Gasteiger partial charge in [-0.15, -0.1) is 0 Å². The first kappa shape index (κ1) is 52.6. The highest BCUT2D eigenvalue weighted by Gasteiger charge is 2.28. The predicted octanol–water partition coefficient (Wildman–Crippen LogP) is 22.4. The van der Waals surface area contributed by atoms with Crippen LogP contribution in [0, 0.1) is 0 Å². The SMILES string of the molecule is OCc1ccc(Oc2ccc3cc(-c4cccc5ccccc45)ccc3c2-c2c(Oc3ccc(CO)cc3-c3cccc4c3Sc3ccccc3S4)ccc3cc(-c4cccc5ccccc45)ccc23)c(-c2cccc3c2Sc2ccccc2S3)c1. The van der Waals surface area contributed by atoms with Gasteiger partial charge in [0, 0.05) is 72.5 Å². The minimum Gasteiger partial charge on any atom is -0.456 e. The van der Waals surface area contributed by atoms with E-state index in [0.717, 1.165) is 98.1 Å². The van der Waals surface area contributed by atoms with Crippen LogP contribution >= 0.6 is 47.0 Å². The lowest BCUT2D eigenvalue weighted by atomic mass is 9.89. The summed E-state index contributed by atoms with van der Waals surface area (Å²) in [4.78, 5) is 9.50. The minimum atomic E-state index is -0.122. The first-order chi connectivity index (χ1) is 42.5. The number of hydrogen-bond donors (Lipinski definition) is 2. The van der Waals surface area contributed by atoms with E-state index in [1.54, 1.807) is 47.0 Å². The zero-order valence-electron chi connectivity index (χ0n) is 46.2. The van der Waals surface area contributed by atoms with E-state index in [1.165, 1.54) is 50.9 Å². The molecule has 86 heavy (non-hydrogen) atoms. The molecule has 0 radical (unpaired) electrons. The van der Waals surface area contributed by atoms with E-state index in [9.17, 15) is 10.2 Å². The van der Waals surface area contributed by atoms with Gasteiger partial charge in [0.25, 0.3) is 0 Å². The summed E-state index contributed by atoms with van der Waals surface area (Å²) in [6, 6.07) is 94.5. The van der Waals surface area contributed by atoms with Crippen molar-refractivity contribution in [2.24, 2.45) is 0 Å². The van der Waals surface area contributed by atoms with Crippen molar-refractivity contribution in [1.82, 2.24) is 0 Å². The molecule has 2 heterocycles. The summed E-state index contributed by atoms with van der Waals surface area (Å²) in [5.74, 6) is 2.59. The predicted molar refractivity (Wildman–Crippen MR) is 358 cm³/mol. The Morgan fingerprint density at radius 3 is 1.08 bits per heavy atom. The molecular weight excluding hydrogens is 1130 g/mol. The molecule has 2 aliphatic rings. The van der Waals surface area contributed by atoms with Crippen LogP contribution in [0.5, 0.6) is 23.0 Å². The van der Waals surface area contributed by atoms with Gasteiger partial charge < -0.3 is 19.7 Å². The second kappa shape index (κ2) is 22.1. The monoisotopic (exact) mass is 1180 g/mol. The molecule has 0 aliphatic carbocycles. The van der Waals surface area contributed by atoms with Crippen molar-refractivity contribution in [2.45, 2.75) is 52.4 Å². The average molecular weight is 1180 g/mol. The van der Waals surface area contributed by atoms with E-state index in [1.807, 2.05) is 24.3 Å². The first-order valence-corrected chi connectivity index (χ1v) is 31.9. The van der Waals surface area contributed by atoms with Gasteiger partial charge >= 0.3 is 0 Å². The van der Waals surface area contributed by atoms with Crippen LogP contribution in [-0.4, -0.2) is 10.2 Å². The molecule has 4 nitrogen and oxygen atoms in total. The van der Waals surface area contributed by atoms with E-state index < -0.39 is 0 Å². The normalized spacial score (nSPS) is 12.4. The molecule has 16 rings (SSSR count). The molecule has 0 amide bonds. The molecule has 8 heteroatoms. The molecule has 410 valence electrons. The standard InChI is InChI=1S/C78H50O4S4/c79-45-47-29-37-65(63(41-47)61-21-11-27-73-77(61)85-71-25-7-5-23-69(71)83-73)81-67-39-33-53-43-51(57-19-9-15-49-13-1-3-17-55(49)57)31-35-59(53)75(67)76-60-36-32-52(58-20-10-16-50-14-2-4-18-56(50)58)44-54(60)34-40-68(76)82-66-38-30-48(46-80)42-64(66)62-22-12-28-74-78(62)86-72-26-8-6-24-70(72)84-74/h1-44,79-80H,45-46H2. The van der Waals surface area contributed by atoms with E-state index in [2.05, 4.69) is 243 Å². The third kappa shape index (κ3) is 9.41. The Labute approximate surface area is 515 Å². The molecule has 0 spiro atoms. The fourth-order valence-electron chi connectivity index (χ4n) is 12.3. The van der Waals surface area contributed by atoms with Crippen molar-refractivity contribution in [2.75, 3.05) is 0 Å². The first-order valence-electron chi connectivity index (χ1n) is 28.6. The van der Waals surface area contributed by atoms with Crippen LogP contribution in [0.4, 0.5) is 0 Å². The number of hydrogen-bond acceptors (Lipinski definition) is 8. The molecule has 2 aliphatic heterocycles. The number of benzene rings is 14. The van der Waals surface area contributed by atoms with E-state index in [0.29, 0.717) is 23.0 Å². The summed E-state index contributed by atoms with van der Waals surface area (Å²) in [6.07, 6.45) is 0. The fourth-order valence-corrected chi connectivity index (χ4v) is 17.1. The quantitative estimate of drug-likeness (QED) is 0.133. The molecule has 0 atom stereocenters. The van der Waals surface area contributed by atoms with Crippen molar-refractivity contribution in [3.63, 3.8) is 0 Å². The van der Waals surface area contributed by atoms with Gasteiger partial charge in [-0.1, -0.05) is 229 Å². The zero-order valence-corrected chi connectivity index (χ0v) is 49.4. The number of aliphatic hydroxyl groups excluding tert-OH is 2. The lowest BCUT2D eigenvalue weighted by molar-refractivity contribution is 0.281. The molecule has 2 N–H and O–H groups in total. The second-order valence-corrected chi connectivity index (χ2v) is 25.8. The van der Waals surface area contributed by atoms with E-state index in [-0.39, 0.29) is 13.2 Å². The van der Waals surface area contributed by atoms with Crippen LogP contribution < -0.4 is 9.47 Å². The third-order valence-corrected chi connectivity index (χ3v) is 21.6. The Morgan fingerprint density at radius 1 is 0.256 bits per heavy atom. The molecular formula is C78H50O4S4. The Hall–Kier alpha value is -8.96. The summed E-state index contributed by atoms with van der Waals surface area (Å²) in [6.45, 7) is -0.245. The maximum absolute atomic E-state index is 10.8. The summed E-state index contributed by atoms with van der Waals surface area (Å²) in [5, 5.41) is 30.3. The minimum absolute atomic E-state index is 0.122. The molecule has 0 saturated heterocycles. The van der Waals surface area contributed by atoms with Crippen LogP contribution in [0.1, 0.15) is 11.1 Å². The van der Waals surface area contributed by atoms with E-state index in [4.69, 9.17) is 9.47 Å². The van der Waals surface area contributed by atoms with Crippen LogP contribution in [0.25, 0.3) is 98.7 Å². The van der Waals surface area contributed by atoms with Crippen LogP contribution in [0.3, 0.4) is 0 Å². The van der Waals surface area contributed by atoms with Crippen molar-refractivity contribution < 1.29 is 19.7 Å². The van der Waals surface area contributed by atoms with Crippen LogP contribution in [0.15, 0.2) is 306 Å². The highest BCUT2D eigenvalue weighted by atomic mass is 32.2. The van der Waals surface area contributed by atoms with Crippen molar-refractivity contribution in [3.05, 3.63) is 278 Å². The van der Waals surface area contributed by atoms with Crippen molar-refractivity contribution in [3.8, 4) is 78.6 Å². The maximum atomic E-state index is 10.8. The molecule has 0 bridgehead atoms. The second-order valence-electron chi connectivity index (χ2n) is 21.6. The summed E-state index contributed by atoms with van der Waals surface area (Å²) >= 11 is 7.11. The molecule has 14 aromatic carbocycles. The molecule has 0 aromatic heterocycles. The van der Waals surface area contributed by atoms with Gasteiger partial charge in [-0.3, -0.25) is 0 Å². The Balaban J connectivity index is 0.936. The highest BCUT2D eigenvalue weighted by Crippen LogP contribution is 2.57. The summed E-state index contributed by atoms with van der Waals surface area (Å²) in [5.41, 5.74) is 11.6. The Bertz CT molecular complexity index is 4740. The van der Waals surface area contributed by atoms with Gasteiger partial charge in [-0.25, -0.2) is 0 Å². The van der Waals surface area contributed by atoms with Crippen LogP contribution in [-0.2, 0) is 13.2 Å². The molecule has 0 unspecified atom stereocenters. The van der Waals surface area contributed by atoms with E-state index >= 15 is 0 Å². The summed E-state index contributed by atoms with van der Waals surface area (Å²) in [7, 11) is 0. The van der Waals surface area contributed by atoms with Gasteiger partial charge in [-0.2, -0.15) is 0 Å². The molecule has 0 saturated carbocycles. The van der Waals surface area contributed by atoms with Gasteiger partial charge in [0.2, 0.25) is 0 Å². The largest absolute Gasteiger partial charge is 0.456 e. The van der Waals surface area contributed by atoms with Gasteiger partial charge in [0.15, 0.2) is 0 Å². The van der Waals surface area contributed by atoms with Gasteiger partial charge in [0.1, 0.15) is 23.0 Å². The van der Waals surface area contributed by atoms with Crippen molar-refractivity contribution in [1.29, 1.82) is 0 Å². The molecule has 0 fully saturated rings. The maximum Gasteiger partial charge on any atom is 0.136 e. The lowest BCUT2D eigenvalue weighted by Crippen LogP contribution is -1.99. The number of fused-ring (bicyclic) bond motifs is 8. The van der Waals surface area contributed by atoms with Crippen molar-refractivity contribution >= 4 is 90.1 Å². The zero-order chi connectivity index (χ0) is 57.2. The lowest BCUT2D eigenvalue weighted by Gasteiger charge is -2.24. The Kier molecular flexibility index (Phi) is 13.5. The summed E-state index contributed by atoms with van der Waals surface area (Å²) < 4.78 is 15.2. The van der Waals surface area contributed by atoms with Gasteiger partial charge in [-0.05, 0) is 161 Å². The highest BCUT2D eigenvalue weighted by molar-refractivity contribution is 8.05.